The van der Waals surface area contributed by atoms with Crippen molar-refractivity contribution < 1.29 is 9.21 Å². The molecule has 3 rings (SSSR count). The number of carbonyl (C=O) groups is 1. The van der Waals surface area contributed by atoms with Gasteiger partial charge in [0, 0.05) is 23.6 Å². The van der Waals surface area contributed by atoms with Crippen molar-refractivity contribution in [1.29, 1.82) is 0 Å². The fourth-order valence-corrected chi connectivity index (χ4v) is 2.70. The number of furan rings is 1. The molecule has 0 atom stereocenters. The van der Waals surface area contributed by atoms with Gasteiger partial charge in [-0.25, -0.2) is 0 Å². The minimum absolute atomic E-state index is 0.0268. The summed E-state index contributed by atoms with van der Waals surface area (Å²) in [7, 11) is 1.90. The first kappa shape index (κ1) is 15.4. The van der Waals surface area contributed by atoms with Gasteiger partial charge in [0.15, 0.2) is 0 Å². The van der Waals surface area contributed by atoms with Gasteiger partial charge in [-0.05, 0) is 37.2 Å². The van der Waals surface area contributed by atoms with Crippen molar-refractivity contribution in [2.75, 3.05) is 20.1 Å². The molecule has 0 unspecified atom stereocenters. The molecule has 0 fully saturated rings. The molecule has 0 saturated heterocycles. The zero-order valence-electron chi connectivity index (χ0n) is 13.2. The Morgan fingerprint density at radius 2 is 2.13 bits per heavy atom. The lowest BCUT2D eigenvalue weighted by Gasteiger charge is -2.14. The Kier molecular flexibility index (Phi) is 4.78. The number of fused-ring (bicyclic) bond motifs is 1. The predicted molar refractivity (Wildman–Crippen MR) is 90.1 cm³/mol. The highest BCUT2D eigenvalue weighted by Gasteiger charge is 2.09. The molecule has 1 amide bonds. The minimum Gasteiger partial charge on any atom is -0.468 e. The summed E-state index contributed by atoms with van der Waals surface area (Å²) in [4.78, 5) is 17.2. The number of hydrogen-bond acceptors (Lipinski definition) is 3. The van der Waals surface area contributed by atoms with E-state index in [9.17, 15) is 4.79 Å². The SMILES string of the molecule is CN(CC(=O)NCCc1c[nH]c2ccccc12)Cc1ccco1. The first-order valence-electron chi connectivity index (χ1n) is 7.75. The molecule has 2 aromatic heterocycles. The third-order valence-corrected chi connectivity index (χ3v) is 3.81. The topological polar surface area (TPSA) is 61.3 Å². The van der Waals surface area contributed by atoms with Gasteiger partial charge in [-0.2, -0.15) is 0 Å². The van der Waals surface area contributed by atoms with Gasteiger partial charge in [0.05, 0.1) is 19.4 Å². The molecule has 0 saturated carbocycles. The second-order valence-corrected chi connectivity index (χ2v) is 5.71. The van der Waals surface area contributed by atoms with Gasteiger partial charge in [0.2, 0.25) is 5.91 Å². The highest BCUT2D eigenvalue weighted by Crippen LogP contribution is 2.17. The van der Waals surface area contributed by atoms with E-state index in [-0.39, 0.29) is 5.91 Å². The molecule has 23 heavy (non-hydrogen) atoms. The minimum atomic E-state index is 0.0268. The molecule has 2 heterocycles. The zero-order chi connectivity index (χ0) is 16.1. The zero-order valence-corrected chi connectivity index (χ0v) is 13.2. The van der Waals surface area contributed by atoms with Crippen molar-refractivity contribution in [3.05, 3.63) is 60.2 Å². The lowest BCUT2D eigenvalue weighted by Crippen LogP contribution is -2.35. The molecule has 0 spiro atoms. The Hall–Kier alpha value is -2.53. The number of nitrogens with one attached hydrogen (secondary N) is 2. The summed E-state index contributed by atoms with van der Waals surface area (Å²) in [6, 6.07) is 12.0. The maximum Gasteiger partial charge on any atom is 0.234 e. The van der Waals surface area contributed by atoms with Crippen LogP contribution >= 0.6 is 0 Å². The summed E-state index contributed by atoms with van der Waals surface area (Å²) in [5, 5.41) is 4.19. The van der Waals surface area contributed by atoms with Crippen LogP contribution in [0.25, 0.3) is 10.9 Å². The van der Waals surface area contributed by atoms with Crippen molar-refractivity contribution in [3.8, 4) is 0 Å². The van der Waals surface area contributed by atoms with Crippen LogP contribution in [-0.4, -0.2) is 35.9 Å². The Labute approximate surface area is 135 Å². The van der Waals surface area contributed by atoms with E-state index in [2.05, 4.69) is 22.4 Å². The Balaban J connectivity index is 1.44. The number of rotatable bonds is 7. The number of aromatic nitrogens is 1. The highest BCUT2D eigenvalue weighted by molar-refractivity contribution is 5.83. The van der Waals surface area contributed by atoms with Crippen molar-refractivity contribution in [1.82, 2.24) is 15.2 Å². The van der Waals surface area contributed by atoms with E-state index in [0.29, 0.717) is 19.6 Å². The van der Waals surface area contributed by atoms with Crippen LogP contribution in [0.4, 0.5) is 0 Å². The Morgan fingerprint density at radius 1 is 1.26 bits per heavy atom. The van der Waals surface area contributed by atoms with Crippen molar-refractivity contribution >= 4 is 16.8 Å². The van der Waals surface area contributed by atoms with Crippen molar-refractivity contribution in [2.45, 2.75) is 13.0 Å². The monoisotopic (exact) mass is 311 g/mol. The fourth-order valence-electron chi connectivity index (χ4n) is 2.70. The first-order valence-corrected chi connectivity index (χ1v) is 7.75. The van der Waals surface area contributed by atoms with Crippen LogP contribution in [0.3, 0.4) is 0 Å². The van der Waals surface area contributed by atoms with Gasteiger partial charge in [0.1, 0.15) is 5.76 Å². The molecule has 0 aliphatic carbocycles. The summed E-state index contributed by atoms with van der Waals surface area (Å²) < 4.78 is 5.28. The van der Waals surface area contributed by atoms with Gasteiger partial charge >= 0.3 is 0 Å². The van der Waals surface area contributed by atoms with Crippen LogP contribution in [0.5, 0.6) is 0 Å². The van der Waals surface area contributed by atoms with E-state index in [4.69, 9.17) is 4.42 Å². The molecular weight excluding hydrogens is 290 g/mol. The number of carbonyl (C=O) groups excluding carboxylic acids is 1. The maximum atomic E-state index is 12.0. The van der Waals surface area contributed by atoms with Crippen LogP contribution in [-0.2, 0) is 17.8 Å². The summed E-state index contributed by atoms with van der Waals surface area (Å²) in [6.45, 7) is 1.62. The second-order valence-electron chi connectivity index (χ2n) is 5.71. The predicted octanol–water partition coefficient (Wildman–Crippen LogP) is 2.55. The number of nitrogens with zero attached hydrogens (tertiary/aromatic N) is 1. The van der Waals surface area contributed by atoms with E-state index in [0.717, 1.165) is 17.7 Å². The number of likely N-dealkylation sites (N-methyl/N-ethyl adjacent to an activating group) is 1. The fraction of sp³-hybridized carbons (Fsp3) is 0.278. The third-order valence-electron chi connectivity index (χ3n) is 3.81. The van der Waals surface area contributed by atoms with Crippen molar-refractivity contribution in [3.63, 3.8) is 0 Å². The smallest absolute Gasteiger partial charge is 0.234 e. The molecule has 3 aromatic rings. The van der Waals surface area contributed by atoms with E-state index in [1.807, 2.05) is 42.4 Å². The van der Waals surface area contributed by atoms with E-state index in [1.54, 1.807) is 6.26 Å². The van der Waals surface area contributed by atoms with Gasteiger partial charge in [-0.3, -0.25) is 9.69 Å². The van der Waals surface area contributed by atoms with Crippen LogP contribution in [0.15, 0.2) is 53.3 Å². The summed E-state index contributed by atoms with van der Waals surface area (Å²) in [5.41, 5.74) is 2.36. The third kappa shape index (κ3) is 4.02. The van der Waals surface area contributed by atoms with Crippen LogP contribution in [0.2, 0.25) is 0 Å². The number of amides is 1. The van der Waals surface area contributed by atoms with Crippen molar-refractivity contribution in [2.24, 2.45) is 0 Å². The molecule has 5 nitrogen and oxygen atoms in total. The molecule has 120 valence electrons. The summed E-state index contributed by atoms with van der Waals surface area (Å²) in [5.74, 6) is 0.887. The van der Waals surface area contributed by atoms with Crippen LogP contribution in [0.1, 0.15) is 11.3 Å². The lowest BCUT2D eigenvalue weighted by molar-refractivity contribution is -0.122. The molecule has 0 radical (unpaired) electrons. The second kappa shape index (κ2) is 7.15. The number of benzene rings is 1. The molecular formula is C18H21N3O2. The molecule has 2 N–H and O–H groups in total. The quantitative estimate of drug-likeness (QED) is 0.705. The standard InChI is InChI=1S/C18H21N3O2/c1-21(12-15-5-4-10-23-15)13-18(22)19-9-8-14-11-20-17-7-3-2-6-16(14)17/h2-7,10-11,20H,8-9,12-13H2,1H3,(H,19,22). The normalized spacial score (nSPS) is 11.2. The number of hydrogen-bond donors (Lipinski definition) is 2. The Bertz CT molecular complexity index is 762. The van der Waals surface area contributed by atoms with E-state index < -0.39 is 0 Å². The highest BCUT2D eigenvalue weighted by atomic mass is 16.3. The number of aromatic amines is 1. The van der Waals surface area contributed by atoms with Gasteiger partial charge in [0.25, 0.3) is 0 Å². The van der Waals surface area contributed by atoms with Crippen LogP contribution in [0, 0.1) is 0 Å². The summed E-state index contributed by atoms with van der Waals surface area (Å²) >= 11 is 0. The van der Waals surface area contributed by atoms with Gasteiger partial charge in [-0.1, -0.05) is 18.2 Å². The molecule has 0 aliphatic rings. The van der Waals surface area contributed by atoms with Gasteiger partial charge < -0.3 is 14.7 Å². The molecule has 1 aromatic carbocycles. The number of para-hydroxylation sites is 1. The Morgan fingerprint density at radius 3 is 2.96 bits per heavy atom. The first-order chi connectivity index (χ1) is 11.2. The van der Waals surface area contributed by atoms with Crippen LogP contribution < -0.4 is 5.32 Å². The largest absolute Gasteiger partial charge is 0.468 e. The van der Waals surface area contributed by atoms with E-state index >= 15 is 0 Å². The average Bonchev–Trinajstić information content (AvgIpc) is 3.17. The van der Waals surface area contributed by atoms with E-state index in [1.165, 1.54) is 10.9 Å². The van der Waals surface area contributed by atoms with Gasteiger partial charge in [-0.15, -0.1) is 0 Å². The lowest BCUT2D eigenvalue weighted by atomic mass is 10.1. The molecule has 5 heteroatoms. The average molecular weight is 311 g/mol. The maximum absolute atomic E-state index is 12.0. The molecule has 0 aliphatic heterocycles. The number of H-pyrrole nitrogens is 1. The summed E-state index contributed by atoms with van der Waals surface area (Å²) in [6.07, 6.45) is 4.47. The molecule has 0 bridgehead atoms.